The molecule has 1 aliphatic carbocycles. The van der Waals surface area contributed by atoms with Gasteiger partial charge in [0, 0.05) is 29.7 Å². The molecule has 128 valence electrons. The number of benzene rings is 1. The molecule has 1 unspecified atom stereocenters. The van der Waals surface area contributed by atoms with Crippen molar-refractivity contribution in [2.45, 2.75) is 38.5 Å². The molecule has 1 saturated heterocycles. The first kappa shape index (κ1) is 17.2. The lowest BCUT2D eigenvalue weighted by Crippen LogP contribution is -2.29. The van der Waals surface area contributed by atoms with Gasteiger partial charge in [0.1, 0.15) is 0 Å². The fraction of sp³-hybridized carbons (Fsp3) is 0.474. The molecule has 1 N–H and O–H groups in total. The molecule has 1 heterocycles. The third kappa shape index (κ3) is 4.47. The highest BCUT2D eigenvalue weighted by Crippen LogP contribution is 2.24. The third-order valence-corrected chi connectivity index (χ3v) is 5.31. The monoisotopic (exact) mass is 390 g/mol. The first-order valence-electron chi connectivity index (χ1n) is 8.64. The smallest absolute Gasteiger partial charge is 0.229 e. The quantitative estimate of drug-likeness (QED) is 0.768. The molecular weight excluding hydrogens is 368 g/mol. The van der Waals surface area contributed by atoms with Crippen LogP contribution in [0.25, 0.3) is 0 Å². The summed E-state index contributed by atoms with van der Waals surface area (Å²) in [5, 5.41) is 2.91. The Morgan fingerprint density at radius 1 is 1.25 bits per heavy atom. The minimum Gasteiger partial charge on any atom is -0.342 e. The Kier molecular flexibility index (Phi) is 5.72. The summed E-state index contributed by atoms with van der Waals surface area (Å²) in [5.41, 5.74) is 2.23. The summed E-state index contributed by atoms with van der Waals surface area (Å²) in [5.74, 6) is -0.214. The minimum absolute atomic E-state index is 0.0648. The summed E-state index contributed by atoms with van der Waals surface area (Å²) in [7, 11) is 0. The van der Waals surface area contributed by atoms with Crippen LogP contribution in [0.4, 0.5) is 5.69 Å². The predicted molar refractivity (Wildman–Crippen MR) is 98.6 cm³/mol. The second-order valence-electron chi connectivity index (χ2n) is 6.60. The lowest BCUT2D eigenvalue weighted by Gasteiger charge is -2.19. The number of hydrogen-bond donors (Lipinski definition) is 1. The van der Waals surface area contributed by atoms with Crippen molar-refractivity contribution >= 4 is 33.4 Å². The van der Waals surface area contributed by atoms with Crippen molar-refractivity contribution in [1.82, 2.24) is 4.90 Å². The van der Waals surface area contributed by atoms with E-state index < -0.39 is 0 Å². The maximum atomic E-state index is 12.4. The highest BCUT2D eigenvalue weighted by Gasteiger charge is 2.34. The average Bonchev–Trinajstić information content (AvgIpc) is 2.97. The summed E-state index contributed by atoms with van der Waals surface area (Å²) in [6.45, 7) is 1.28. The van der Waals surface area contributed by atoms with Crippen LogP contribution < -0.4 is 5.32 Å². The van der Waals surface area contributed by atoms with Crippen molar-refractivity contribution in [2.24, 2.45) is 5.92 Å². The molecule has 0 bridgehead atoms. The molecule has 1 aromatic carbocycles. The molecule has 2 aliphatic rings. The van der Waals surface area contributed by atoms with E-state index in [1.807, 2.05) is 29.2 Å². The Labute approximate surface area is 151 Å². The zero-order valence-electron chi connectivity index (χ0n) is 13.8. The van der Waals surface area contributed by atoms with Gasteiger partial charge in [0.25, 0.3) is 0 Å². The van der Waals surface area contributed by atoms with Crippen molar-refractivity contribution in [3.63, 3.8) is 0 Å². The molecule has 4 nitrogen and oxygen atoms in total. The number of carbonyl (C=O) groups is 2. The molecule has 24 heavy (non-hydrogen) atoms. The van der Waals surface area contributed by atoms with Gasteiger partial charge in [-0.05, 0) is 56.4 Å². The summed E-state index contributed by atoms with van der Waals surface area (Å²) in [6.07, 6.45) is 8.47. The fourth-order valence-corrected chi connectivity index (χ4v) is 3.62. The van der Waals surface area contributed by atoms with Gasteiger partial charge in [0.05, 0.1) is 5.92 Å². The van der Waals surface area contributed by atoms with Crippen LogP contribution in [0.15, 0.2) is 40.4 Å². The number of carbonyl (C=O) groups excluding carboxylic acids is 2. The van der Waals surface area contributed by atoms with E-state index in [2.05, 4.69) is 27.3 Å². The van der Waals surface area contributed by atoms with Gasteiger partial charge in [-0.2, -0.15) is 0 Å². The lowest BCUT2D eigenvalue weighted by molar-refractivity contribution is -0.128. The summed E-state index contributed by atoms with van der Waals surface area (Å²) in [4.78, 5) is 26.4. The predicted octanol–water partition coefficient (Wildman–Crippen LogP) is 4.13. The summed E-state index contributed by atoms with van der Waals surface area (Å²) in [6, 6.07) is 7.48. The van der Waals surface area contributed by atoms with Gasteiger partial charge in [0.15, 0.2) is 0 Å². The second-order valence-corrected chi connectivity index (χ2v) is 7.51. The van der Waals surface area contributed by atoms with Gasteiger partial charge in [-0.3, -0.25) is 9.59 Å². The van der Waals surface area contributed by atoms with Gasteiger partial charge in [-0.25, -0.2) is 0 Å². The van der Waals surface area contributed by atoms with E-state index in [0.29, 0.717) is 13.0 Å². The van der Waals surface area contributed by atoms with Crippen molar-refractivity contribution in [2.75, 3.05) is 18.4 Å². The summed E-state index contributed by atoms with van der Waals surface area (Å²) < 4.78 is 0.972. The van der Waals surface area contributed by atoms with Crippen LogP contribution >= 0.6 is 15.9 Å². The first-order valence-corrected chi connectivity index (χ1v) is 9.43. The number of anilines is 1. The normalized spacial score (nSPS) is 20.9. The topological polar surface area (TPSA) is 49.4 Å². The van der Waals surface area contributed by atoms with E-state index >= 15 is 0 Å². The number of nitrogens with zero attached hydrogens (tertiary/aromatic N) is 1. The van der Waals surface area contributed by atoms with Crippen molar-refractivity contribution in [3.05, 3.63) is 40.4 Å². The number of rotatable bonds is 5. The van der Waals surface area contributed by atoms with Gasteiger partial charge >= 0.3 is 0 Å². The molecule has 1 fully saturated rings. The minimum atomic E-state index is -0.249. The summed E-state index contributed by atoms with van der Waals surface area (Å²) >= 11 is 3.38. The molecule has 1 aliphatic heterocycles. The van der Waals surface area contributed by atoms with Crippen LogP contribution in [0, 0.1) is 5.92 Å². The van der Waals surface area contributed by atoms with Gasteiger partial charge in [-0.15, -0.1) is 0 Å². The Bertz CT molecular complexity index is 639. The zero-order valence-corrected chi connectivity index (χ0v) is 15.3. The number of hydrogen-bond acceptors (Lipinski definition) is 2. The first-order chi connectivity index (χ1) is 11.6. The molecule has 0 aromatic heterocycles. The van der Waals surface area contributed by atoms with Gasteiger partial charge < -0.3 is 10.2 Å². The lowest BCUT2D eigenvalue weighted by atomic mass is 9.97. The molecule has 0 saturated carbocycles. The molecule has 0 spiro atoms. The maximum Gasteiger partial charge on any atom is 0.229 e. The fourth-order valence-electron chi connectivity index (χ4n) is 3.35. The van der Waals surface area contributed by atoms with Crippen LogP contribution in [0.2, 0.25) is 0 Å². The Morgan fingerprint density at radius 3 is 2.75 bits per heavy atom. The molecule has 0 radical (unpaired) electrons. The van der Waals surface area contributed by atoms with Crippen LogP contribution in [0.1, 0.15) is 38.5 Å². The number of nitrogens with one attached hydrogen (secondary N) is 1. The van der Waals surface area contributed by atoms with E-state index in [-0.39, 0.29) is 17.7 Å². The number of halogens is 1. The number of likely N-dealkylation sites (tertiary alicyclic amines) is 1. The van der Waals surface area contributed by atoms with Crippen molar-refractivity contribution in [3.8, 4) is 0 Å². The van der Waals surface area contributed by atoms with Gasteiger partial charge in [-0.1, -0.05) is 27.6 Å². The highest BCUT2D eigenvalue weighted by atomic mass is 79.9. The molecular formula is C19H23BrN2O2. The van der Waals surface area contributed by atoms with E-state index in [9.17, 15) is 9.59 Å². The molecule has 5 heteroatoms. The van der Waals surface area contributed by atoms with Crippen LogP contribution in [-0.2, 0) is 9.59 Å². The Hall–Kier alpha value is -1.62. The SMILES string of the molecule is O=C(Nc1ccc(Br)cc1)C1CC(=O)N(CCC2=CCCCC2)C1. The molecule has 2 amide bonds. The van der Waals surface area contributed by atoms with E-state index in [0.717, 1.165) is 29.5 Å². The molecule has 1 aromatic rings. The van der Waals surface area contributed by atoms with Crippen molar-refractivity contribution in [1.29, 1.82) is 0 Å². The Morgan fingerprint density at radius 2 is 2.04 bits per heavy atom. The highest BCUT2D eigenvalue weighted by molar-refractivity contribution is 9.10. The van der Waals surface area contributed by atoms with Crippen LogP contribution in [0.5, 0.6) is 0 Å². The standard InChI is InChI=1S/C19H23BrN2O2/c20-16-6-8-17(9-7-16)21-19(24)15-12-18(23)22(13-15)11-10-14-4-2-1-3-5-14/h4,6-9,15H,1-3,5,10-13H2,(H,21,24). The Balaban J connectivity index is 1.50. The third-order valence-electron chi connectivity index (χ3n) is 4.78. The van der Waals surface area contributed by atoms with Crippen LogP contribution in [-0.4, -0.2) is 29.8 Å². The van der Waals surface area contributed by atoms with E-state index in [1.165, 1.54) is 24.8 Å². The van der Waals surface area contributed by atoms with Crippen molar-refractivity contribution < 1.29 is 9.59 Å². The van der Waals surface area contributed by atoms with E-state index in [1.54, 1.807) is 0 Å². The number of amides is 2. The molecule has 3 rings (SSSR count). The van der Waals surface area contributed by atoms with E-state index in [4.69, 9.17) is 0 Å². The average molecular weight is 391 g/mol. The van der Waals surface area contributed by atoms with Crippen LogP contribution in [0.3, 0.4) is 0 Å². The largest absolute Gasteiger partial charge is 0.342 e. The zero-order chi connectivity index (χ0) is 16.9. The molecule has 1 atom stereocenters. The maximum absolute atomic E-state index is 12.4. The number of allylic oxidation sites excluding steroid dienone is 1. The second kappa shape index (κ2) is 7.97. The van der Waals surface area contributed by atoms with Gasteiger partial charge in [0.2, 0.25) is 11.8 Å².